The van der Waals surface area contributed by atoms with E-state index in [1.165, 1.54) is 23.3 Å². The molecule has 0 aromatic heterocycles. The highest BCUT2D eigenvalue weighted by atomic mass is 35.5. The molecule has 86 valence electrons. The normalized spacial score (nSPS) is 19.9. The van der Waals surface area contributed by atoms with Gasteiger partial charge in [-0.2, -0.15) is 11.8 Å². The van der Waals surface area contributed by atoms with E-state index in [1.54, 1.807) is 0 Å². The molecule has 1 aromatic rings. The van der Waals surface area contributed by atoms with Gasteiger partial charge in [0.1, 0.15) is 0 Å². The minimum absolute atomic E-state index is 0.402. The number of fused-ring (bicyclic) bond motifs is 1. The molecule has 1 heterocycles. The van der Waals surface area contributed by atoms with Crippen LogP contribution in [0.2, 0.25) is 0 Å². The number of rotatable bonds is 3. The fraction of sp³-hybridized carbons (Fsp3) is 0.385. The molecule has 0 fully saturated rings. The lowest BCUT2D eigenvalue weighted by Crippen LogP contribution is -2.24. The molecule has 0 aliphatic carbocycles. The van der Waals surface area contributed by atoms with E-state index in [2.05, 4.69) is 36.2 Å². The fourth-order valence-corrected chi connectivity index (χ4v) is 3.12. The lowest BCUT2D eigenvalue weighted by Gasteiger charge is -2.18. The van der Waals surface area contributed by atoms with Crippen LogP contribution in [0, 0.1) is 0 Å². The third-order valence-electron chi connectivity index (χ3n) is 2.77. The second-order valence-corrected chi connectivity index (χ2v) is 5.66. The summed E-state index contributed by atoms with van der Waals surface area (Å²) in [6.45, 7) is 4.40. The summed E-state index contributed by atoms with van der Waals surface area (Å²) in [6, 6.07) is 9.08. The number of hydrogen-bond donors (Lipinski definition) is 1. The van der Waals surface area contributed by atoms with Crippen LogP contribution in [0.5, 0.6) is 0 Å². The SMILES string of the molecule is C=C(Cl)CNC1CSCCc2ccccc21. The van der Waals surface area contributed by atoms with Gasteiger partial charge in [-0.1, -0.05) is 42.4 Å². The van der Waals surface area contributed by atoms with E-state index >= 15 is 0 Å². The van der Waals surface area contributed by atoms with E-state index < -0.39 is 0 Å². The monoisotopic (exact) mass is 253 g/mol. The zero-order valence-electron chi connectivity index (χ0n) is 9.21. The molecule has 0 amide bonds. The lowest BCUT2D eigenvalue weighted by atomic mass is 10.00. The molecular weight excluding hydrogens is 238 g/mol. The van der Waals surface area contributed by atoms with E-state index in [0.29, 0.717) is 17.6 Å². The van der Waals surface area contributed by atoms with Gasteiger partial charge >= 0.3 is 0 Å². The first kappa shape index (κ1) is 12.0. The largest absolute Gasteiger partial charge is 0.304 e. The van der Waals surface area contributed by atoms with Crippen molar-refractivity contribution in [3.8, 4) is 0 Å². The highest BCUT2D eigenvalue weighted by molar-refractivity contribution is 7.99. The predicted octanol–water partition coefficient (Wildman–Crippen LogP) is 3.36. The molecule has 1 aliphatic rings. The van der Waals surface area contributed by atoms with Gasteiger partial charge in [0.2, 0.25) is 0 Å². The molecule has 1 nitrogen and oxygen atoms in total. The summed E-state index contributed by atoms with van der Waals surface area (Å²) in [5, 5.41) is 4.14. The maximum atomic E-state index is 5.80. The van der Waals surface area contributed by atoms with Crippen LogP contribution in [0.4, 0.5) is 0 Å². The molecule has 0 saturated carbocycles. The van der Waals surface area contributed by atoms with Crippen LogP contribution in [0.15, 0.2) is 35.9 Å². The Morgan fingerprint density at radius 1 is 1.50 bits per heavy atom. The maximum absolute atomic E-state index is 5.80. The van der Waals surface area contributed by atoms with Gasteiger partial charge in [-0.25, -0.2) is 0 Å². The average molecular weight is 254 g/mol. The summed E-state index contributed by atoms with van der Waals surface area (Å²) in [4.78, 5) is 0. The summed E-state index contributed by atoms with van der Waals surface area (Å²) in [5.41, 5.74) is 2.88. The van der Waals surface area contributed by atoms with Crippen molar-refractivity contribution < 1.29 is 0 Å². The van der Waals surface area contributed by atoms with Crippen molar-refractivity contribution in [3.63, 3.8) is 0 Å². The molecule has 1 atom stereocenters. The molecule has 1 unspecified atom stereocenters. The Labute approximate surface area is 106 Å². The minimum atomic E-state index is 0.402. The van der Waals surface area contributed by atoms with Crippen LogP contribution in [0.1, 0.15) is 17.2 Å². The van der Waals surface area contributed by atoms with E-state index in [9.17, 15) is 0 Å². The molecule has 0 bridgehead atoms. The number of nitrogens with one attached hydrogen (secondary N) is 1. The summed E-state index contributed by atoms with van der Waals surface area (Å²) < 4.78 is 0. The summed E-state index contributed by atoms with van der Waals surface area (Å²) in [5.74, 6) is 2.32. The molecule has 0 spiro atoms. The van der Waals surface area contributed by atoms with E-state index in [-0.39, 0.29) is 0 Å². The first-order valence-electron chi connectivity index (χ1n) is 5.49. The second kappa shape index (κ2) is 5.76. The molecule has 2 rings (SSSR count). The Morgan fingerprint density at radius 3 is 3.12 bits per heavy atom. The number of thioether (sulfide) groups is 1. The summed E-state index contributed by atoms with van der Waals surface area (Å²) in [6.07, 6.45) is 1.17. The summed E-state index contributed by atoms with van der Waals surface area (Å²) in [7, 11) is 0. The smallest absolute Gasteiger partial charge is 0.0417 e. The van der Waals surface area contributed by atoms with E-state index in [4.69, 9.17) is 11.6 Å². The lowest BCUT2D eigenvalue weighted by molar-refractivity contribution is 0.621. The first-order chi connectivity index (χ1) is 7.77. The topological polar surface area (TPSA) is 12.0 Å². The Hall–Kier alpha value is -0.440. The van der Waals surface area contributed by atoms with Crippen LogP contribution < -0.4 is 5.32 Å². The van der Waals surface area contributed by atoms with Gasteiger partial charge in [0.15, 0.2) is 0 Å². The zero-order valence-corrected chi connectivity index (χ0v) is 10.8. The molecule has 3 heteroatoms. The van der Waals surface area contributed by atoms with Gasteiger partial charge in [-0.15, -0.1) is 0 Å². The molecular formula is C13H16ClNS. The standard InChI is InChI=1S/C13H16ClNS/c1-10(14)8-15-13-9-16-7-6-11-4-2-3-5-12(11)13/h2-5,13,15H,1,6-9H2. The van der Waals surface area contributed by atoms with Crippen LogP contribution in [0.3, 0.4) is 0 Å². The van der Waals surface area contributed by atoms with Gasteiger partial charge in [0, 0.05) is 23.4 Å². The van der Waals surface area contributed by atoms with Crippen molar-refractivity contribution in [2.24, 2.45) is 0 Å². The first-order valence-corrected chi connectivity index (χ1v) is 7.03. The Bertz CT molecular complexity index is 378. The Balaban J connectivity index is 2.15. The Kier molecular flexibility index (Phi) is 4.33. The number of halogens is 1. The quantitative estimate of drug-likeness (QED) is 0.887. The Morgan fingerprint density at radius 2 is 2.31 bits per heavy atom. The van der Waals surface area contributed by atoms with Gasteiger partial charge in [0.25, 0.3) is 0 Å². The molecule has 0 radical (unpaired) electrons. The van der Waals surface area contributed by atoms with E-state index in [1.807, 2.05) is 11.8 Å². The van der Waals surface area contributed by atoms with E-state index in [0.717, 1.165) is 5.75 Å². The van der Waals surface area contributed by atoms with Gasteiger partial charge < -0.3 is 5.32 Å². The van der Waals surface area contributed by atoms with Crippen LogP contribution in [-0.4, -0.2) is 18.1 Å². The van der Waals surface area contributed by atoms with Crippen LogP contribution >= 0.6 is 23.4 Å². The van der Waals surface area contributed by atoms with Crippen molar-refractivity contribution in [1.29, 1.82) is 0 Å². The predicted molar refractivity (Wildman–Crippen MR) is 73.2 cm³/mol. The second-order valence-electron chi connectivity index (χ2n) is 3.97. The van der Waals surface area contributed by atoms with Crippen molar-refractivity contribution in [2.75, 3.05) is 18.1 Å². The van der Waals surface area contributed by atoms with Crippen molar-refractivity contribution in [1.82, 2.24) is 5.32 Å². The number of aryl methyl sites for hydroxylation is 1. The van der Waals surface area contributed by atoms with Crippen molar-refractivity contribution in [3.05, 3.63) is 47.0 Å². The minimum Gasteiger partial charge on any atom is -0.304 e. The van der Waals surface area contributed by atoms with Crippen molar-refractivity contribution in [2.45, 2.75) is 12.5 Å². The third-order valence-corrected chi connectivity index (χ3v) is 3.97. The highest BCUT2D eigenvalue weighted by Crippen LogP contribution is 2.27. The van der Waals surface area contributed by atoms with Crippen LogP contribution in [-0.2, 0) is 6.42 Å². The van der Waals surface area contributed by atoms with Gasteiger partial charge in [-0.05, 0) is 23.3 Å². The molecule has 1 aromatic carbocycles. The van der Waals surface area contributed by atoms with Gasteiger partial charge in [-0.3, -0.25) is 0 Å². The third kappa shape index (κ3) is 3.03. The average Bonchev–Trinajstić information content (AvgIpc) is 2.48. The number of benzene rings is 1. The number of hydrogen-bond acceptors (Lipinski definition) is 2. The zero-order chi connectivity index (χ0) is 11.4. The highest BCUT2D eigenvalue weighted by Gasteiger charge is 2.17. The fourth-order valence-electron chi connectivity index (χ4n) is 1.98. The van der Waals surface area contributed by atoms with Gasteiger partial charge in [0.05, 0.1) is 0 Å². The molecule has 1 aliphatic heterocycles. The summed E-state index contributed by atoms with van der Waals surface area (Å²) >= 11 is 7.80. The molecule has 16 heavy (non-hydrogen) atoms. The molecule has 0 saturated heterocycles. The van der Waals surface area contributed by atoms with Crippen molar-refractivity contribution >= 4 is 23.4 Å². The maximum Gasteiger partial charge on any atom is 0.0417 e. The van der Waals surface area contributed by atoms with Crippen LogP contribution in [0.25, 0.3) is 0 Å². The molecule has 1 N–H and O–H groups in total.